The number of rotatable bonds is 6. The van der Waals surface area contributed by atoms with E-state index in [0.717, 1.165) is 0 Å². The first-order valence-electron chi connectivity index (χ1n) is 6.02. The first-order chi connectivity index (χ1) is 10.2. The Labute approximate surface area is 122 Å². The molecule has 1 aromatic carbocycles. The van der Waals surface area contributed by atoms with E-state index in [1.807, 2.05) is 0 Å². The van der Waals surface area contributed by atoms with Crippen LogP contribution in [0.5, 0.6) is 23.3 Å². The quantitative estimate of drug-likeness (QED) is 0.860. The topological polar surface area (TPSA) is 87.6 Å². The van der Waals surface area contributed by atoms with Gasteiger partial charge in [0.2, 0.25) is 11.7 Å². The van der Waals surface area contributed by atoms with Crippen molar-refractivity contribution in [2.75, 3.05) is 33.8 Å². The third kappa shape index (κ3) is 3.22. The molecule has 0 bridgehead atoms. The maximum absolute atomic E-state index is 5.28. The second-order valence-electron chi connectivity index (χ2n) is 3.83. The van der Waals surface area contributed by atoms with E-state index in [1.54, 1.807) is 33.5 Å². The Morgan fingerprint density at radius 3 is 2.05 bits per heavy atom. The van der Waals surface area contributed by atoms with Crippen molar-refractivity contribution < 1.29 is 18.9 Å². The first-order valence-corrected chi connectivity index (χ1v) is 6.02. The van der Waals surface area contributed by atoms with Gasteiger partial charge in [0.25, 0.3) is 0 Å². The molecule has 1 heterocycles. The first kappa shape index (κ1) is 14.6. The lowest BCUT2D eigenvalue weighted by Crippen LogP contribution is -2.02. The normalized spacial score (nSPS) is 9.90. The molecular weight excluding hydrogens is 276 g/mol. The van der Waals surface area contributed by atoms with Crippen LogP contribution in [-0.2, 0) is 0 Å². The number of aromatic nitrogens is 3. The van der Waals surface area contributed by atoms with Gasteiger partial charge < -0.3 is 24.3 Å². The maximum atomic E-state index is 5.28. The zero-order valence-electron chi connectivity index (χ0n) is 12.2. The summed E-state index contributed by atoms with van der Waals surface area (Å²) in [4.78, 5) is 11.9. The number of benzene rings is 1. The second-order valence-corrected chi connectivity index (χ2v) is 3.83. The average Bonchev–Trinajstić information content (AvgIpc) is 2.53. The van der Waals surface area contributed by atoms with E-state index in [9.17, 15) is 0 Å². The molecule has 0 atom stereocenters. The number of nitrogens with zero attached hydrogens (tertiary/aromatic N) is 3. The molecule has 0 saturated heterocycles. The molecule has 2 aromatic rings. The van der Waals surface area contributed by atoms with Gasteiger partial charge in [0.1, 0.15) is 6.33 Å². The summed E-state index contributed by atoms with van der Waals surface area (Å²) in [6.07, 6.45) is 1.35. The lowest BCUT2D eigenvalue weighted by Gasteiger charge is -2.14. The molecule has 112 valence electrons. The van der Waals surface area contributed by atoms with Gasteiger partial charge in [-0.2, -0.15) is 9.97 Å². The van der Waals surface area contributed by atoms with Crippen molar-refractivity contribution in [2.24, 2.45) is 0 Å². The molecule has 0 unspecified atom stereocenters. The zero-order chi connectivity index (χ0) is 15.2. The molecule has 1 aromatic heterocycles. The van der Waals surface area contributed by atoms with Crippen molar-refractivity contribution in [1.29, 1.82) is 0 Å². The highest BCUT2D eigenvalue weighted by molar-refractivity contribution is 5.65. The molecule has 2 rings (SSSR count). The summed E-state index contributed by atoms with van der Waals surface area (Å²) in [5.74, 6) is 1.91. The fourth-order valence-electron chi connectivity index (χ4n) is 1.72. The van der Waals surface area contributed by atoms with Crippen LogP contribution >= 0.6 is 0 Å². The van der Waals surface area contributed by atoms with Crippen molar-refractivity contribution in [3.8, 4) is 23.3 Å². The Morgan fingerprint density at radius 2 is 1.52 bits per heavy atom. The van der Waals surface area contributed by atoms with Crippen molar-refractivity contribution in [3.63, 3.8) is 0 Å². The molecule has 21 heavy (non-hydrogen) atoms. The molecule has 0 radical (unpaired) electrons. The summed E-state index contributed by atoms with van der Waals surface area (Å²) in [6, 6.07) is 3.72. The number of ether oxygens (including phenoxy) is 4. The summed E-state index contributed by atoms with van der Waals surface area (Å²) in [5, 5.41) is 3.02. The molecule has 1 N–H and O–H groups in total. The third-order valence-corrected chi connectivity index (χ3v) is 2.65. The van der Waals surface area contributed by atoms with Gasteiger partial charge in [-0.3, -0.25) is 0 Å². The van der Waals surface area contributed by atoms with Crippen molar-refractivity contribution in [3.05, 3.63) is 18.5 Å². The number of hydrogen-bond donors (Lipinski definition) is 1. The number of hydrogen-bond acceptors (Lipinski definition) is 8. The Balaban J connectivity index is 2.35. The smallest absolute Gasteiger partial charge is 0.320 e. The van der Waals surface area contributed by atoms with Crippen LogP contribution in [0.25, 0.3) is 0 Å². The van der Waals surface area contributed by atoms with E-state index < -0.39 is 0 Å². The molecule has 0 aliphatic rings. The molecule has 0 aliphatic carbocycles. The van der Waals surface area contributed by atoms with Gasteiger partial charge in [-0.05, 0) is 0 Å². The van der Waals surface area contributed by atoms with Crippen LogP contribution in [-0.4, -0.2) is 43.4 Å². The Hall–Kier alpha value is -2.77. The van der Waals surface area contributed by atoms with Crippen molar-refractivity contribution in [1.82, 2.24) is 15.0 Å². The van der Waals surface area contributed by atoms with Crippen LogP contribution in [0.3, 0.4) is 0 Å². The molecule has 0 spiro atoms. The second kappa shape index (κ2) is 6.60. The van der Waals surface area contributed by atoms with E-state index in [-0.39, 0.29) is 6.01 Å². The molecule has 0 aliphatic heterocycles. The fourth-order valence-corrected chi connectivity index (χ4v) is 1.72. The van der Waals surface area contributed by atoms with Gasteiger partial charge in [0.15, 0.2) is 11.5 Å². The summed E-state index contributed by atoms with van der Waals surface area (Å²) in [7, 11) is 6.13. The molecule has 0 fully saturated rings. The summed E-state index contributed by atoms with van der Waals surface area (Å²) >= 11 is 0. The minimum atomic E-state index is 0.222. The summed E-state index contributed by atoms with van der Waals surface area (Å²) in [5.41, 5.74) is 0.678. The molecule has 0 amide bonds. The van der Waals surface area contributed by atoms with Gasteiger partial charge in [0, 0.05) is 17.8 Å². The minimum absolute atomic E-state index is 0.222. The van der Waals surface area contributed by atoms with Crippen molar-refractivity contribution >= 4 is 11.6 Å². The molecule has 0 saturated carbocycles. The van der Waals surface area contributed by atoms with Crippen LogP contribution in [0.2, 0.25) is 0 Å². The van der Waals surface area contributed by atoms with Crippen molar-refractivity contribution in [2.45, 2.75) is 0 Å². The minimum Gasteiger partial charge on any atom is -0.493 e. The van der Waals surface area contributed by atoms with Gasteiger partial charge in [-0.15, -0.1) is 0 Å². The Bertz CT molecular complexity index is 596. The Morgan fingerprint density at radius 1 is 0.857 bits per heavy atom. The SMILES string of the molecule is COc1ncnc(Nc2cc(OC)c(OC)c(OC)c2)n1. The van der Waals surface area contributed by atoms with Gasteiger partial charge in [-0.25, -0.2) is 4.98 Å². The lowest BCUT2D eigenvalue weighted by atomic mass is 10.2. The highest BCUT2D eigenvalue weighted by atomic mass is 16.5. The van der Waals surface area contributed by atoms with Crippen LogP contribution in [0, 0.1) is 0 Å². The fraction of sp³-hybridized carbons (Fsp3) is 0.308. The summed E-state index contributed by atoms with van der Waals surface area (Å²) < 4.78 is 20.8. The number of methoxy groups -OCH3 is 4. The van der Waals surface area contributed by atoms with E-state index in [4.69, 9.17) is 18.9 Å². The van der Waals surface area contributed by atoms with E-state index >= 15 is 0 Å². The summed E-state index contributed by atoms with van der Waals surface area (Å²) in [6.45, 7) is 0. The highest BCUT2D eigenvalue weighted by Gasteiger charge is 2.13. The van der Waals surface area contributed by atoms with Crippen LogP contribution < -0.4 is 24.3 Å². The van der Waals surface area contributed by atoms with Crippen LogP contribution in [0.4, 0.5) is 11.6 Å². The monoisotopic (exact) mass is 292 g/mol. The average molecular weight is 292 g/mol. The Kier molecular flexibility index (Phi) is 4.60. The largest absolute Gasteiger partial charge is 0.493 e. The predicted molar refractivity (Wildman–Crippen MR) is 75.8 cm³/mol. The van der Waals surface area contributed by atoms with Crippen LogP contribution in [0.1, 0.15) is 0 Å². The zero-order valence-corrected chi connectivity index (χ0v) is 12.2. The van der Waals surface area contributed by atoms with Crippen LogP contribution in [0.15, 0.2) is 18.5 Å². The molecular formula is C13H16N4O4. The third-order valence-electron chi connectivity index (χ3n) is 2.65. The predicted octanol–water partition coefficient (Wildman–Crippen LogP) is 1.65. The molecule has 8 heteroatoms. The van der Waals surface area contributed by atoms with E-state index in [1.165, 1.54) is 13.4 Å². The maximum Gasteiger partial charge on any atom is 0.320 e. The number of nitrogens with one attached hydrogen (secondary N) is 1. The van der Waals surface area contributed by atoms with E-state index in [0.29, 0.717) is 28.9 Å². The molecule has 8 nitrogen and oxygen atoms in total. The van der Waals surface area contributed by atoms with Gasteiger partial charge in [-0.1, -0.05) is 0 Å². The van der Waals surface area contributed by atoms with Gasteiger partial charge >= 0.3 is 6.01 Å². The number of anilines is 2. The standard InChI is InChI=1S/C13H16N4O4/c1-18-9-5-8(6-10(19-2)11(9)20-3)16-12-14-7-15-13(17-12)21-4/h5-7H,1-4H3,(H,14,15,16,17). The highest BCUT2D eigenvalue weighted by Crippen LogP contribution is 2.40. The van der Waals surface area contributed by atoms with E-state index in [2.05, 4.69) is 20.3 Å². The lowest BCUT2D eigenvalue weighted by molar-refractivity contribution is 0.324. The van der Waals surface area contributed by atoms with Gasteiger partial charge in [0.05, 0.1) is 28.4 Å².